The van der Waals surface area contributed by atoms with Gasteiger partial charge in [0.15, 0.2) is 21.3 Å². The highest BCUT2D eigenvalue weighted by Crippen LogP contribution is 2.32. The van der Waals surface area contributed by atoms with E-state index >= 15 is 0 Å². The summed E-state index contributed by atoms with van der Waals surface area (Å²) in [4.78, 5) is 16.6. The maximum Gasteiger partial charge on any atom is 0.241 e. The molecule has 32 heavy (non-hydrogen) atoms. The van der Waals surface area contributed by atoms with Gasteiger partial charge < -0.3 is 14.4 Å². The van der Waals surface area contributed by atoms with E-state index in [9.17, 15) is 21.6 Å². The largest absolute Gasteiger partial charge is 0.490 e. The summed E-state index contributed by atoms with van der Waals surface area (Å²) in [5.41, 5.74) is 0. The van der Waals surface area contributed by atoms with Crippen LogP contribution in [0.15, 0.2) is 23.1 Å². The third kappa shape index (κ3) is 5.19. The molecule has 3 aliphatic heterocycles. The quantitative estimate of drug-likeness (QED) is 0.608. The highest BCUT2D eigenvalue weighted by Gasteiger charge is 2.35. The number of nitrogens with zero attached hydrogens (tertiary/aromatic N) is 2. The van der Waals surface area contributed by atoms with Crippen LogP contribution in [0.5, 0.6) is 11.5 Å². The van der Waals surface area contributed by atoms with E-state index in [1.165, 1.54) is 19.1 Å². The molecule has 1 amide bonds. The predicted molar refractivity (Wildman–Crippen MR) is 117 cm³/mol. The summed E-state index contributed by atoms with van der Waals surface area (Å²) < 4.78 is 62.7. The van der Waals surface area contributed by atoms with Crippen molar-refractivity contribution in [2.45, 2.75) is 36.7 Å². The summed E-state index contributed by atoms with van der Waals surface area (Å²) >= 11 is 0. The summed E-state index contributed by atoms with van der Waals surface area (Å²) in [5.74, 6) is 0.955. The minimum atomic E-state index is -3.94. The fraction of sp³-hybridized carbons (Fsp3) is 0.650. The summed E-state index contributed by atoms with van der Waals surface area (Å²) in [6.45, 7) is 4.50. The van der Waals surface area contributed by atoms with Crippen molar-refractivity contribution in [1.29, 1.82) is 0 Å². The van der Waals surface area contributed by atoms with Crippen LogP contribution in [-0.4, -0.2) is 95.5 Å². The van der Waals surface area contributed by atoms with E-state index in [1.54, 1.807) is 11.0 Å². The van der Waals surface area contributed by atoms with Gasteiger partial charge in [0.1, 0.15) is 0 Å². The lowest BCUT2D eigenvalue weighted by molar-refractivity contribution is -0.134. The molecule has 0 aromatic heterocycles. The number of sulfone groups is 1. The standard InChI is InChI=1S/C20H29N3O7S2/c1-15(20(24)23-8-6-22(7-9-23)16-5-12-31(25,26)14-16)21-32(27,28)17-3-4-18-19(13-17)30-11-2-10-29-18/h3-4,13,15-16,21H,2,5-12,14H2,1H3/t15-,16-/m1/s1. The summed E-state index contributed by atoms with van der Waals surface area (Å²) in [7, 11) is -6.89. The van der Waals surface area contributed by atoms with Crippen molar-refractivity contribution < 1.29 is 31.1 Å². The molecule has 1 aromatic carbocycles. The molecule has 2 atom stereocenters. The van der Waals surface area contributed by atoms with Crippen LogP contribution in [0.4, 0.5) is 0 Å². The predicted octanol–water partition coefficient (Wildman–Crippen LogP) is -0.154. The average Bonchev–Trinajstić information content (AvgIpc) is 2.97. The Bertz CT molecular complexity index is 1070. The molecular formula is C20H29N3O7S2. The number of nitrogens with one attached hydrogen (secondary N) is 1. The molecule has 178 valence electrons. The Labute approximate surface area is 188 Å². The van der Waals surface area contributed by atoms with Crippen LogP contribution in [-0.2, 0) is 24.7 Å². The lowest BCUT2D eigenvalue weighted by atomic mass is 10.2. The number of hydrogen-bond acceptors (Lipinski definition) is 8. The molecular weight excluding hydrogens is 458 g/mol. The number of ether oxygens (including phenoxy) is 2. The van der Waals surface area contributed by atoms with Gasteiger partial charge in [-0.15, -0.1) is 0 Å². The van der Waals surface area contributed by atoms with E-state index in [2.05, 4.69) is 9.62 Å². The monoisotopic (exact) mass is 487 g/mol. The lowest BCUT2D eigenvalue weighted by Crippen LogP contribution is -2.56. The molecule has 0 radical (unpaired) electrons. The zero-order valence-corrected chi connectivity index (χ0v) is 19.7. The van der Waals surface area contributed by atoms with Crippen molar-refractivity contribution >= 4 is 25.8 Å². The molecule has 2 saturated heterocycles. The first-order valence-electron chi connectivity index (χ1n) is 10.8. The van der Waals surface area contributed by atoms with Gasteiger partial charge in [-0.1, -0.05) is 0 Å². The number of sulfonamides is 1. The number of fused-ring (bicyclic) bond motifs is 1. The molecule has 2 fully saturated rings. The molecule has 0 bridgehead atoms. The SMILES string of the molecule is C[C@@H](NS(=O)(=O)c1ccc2c(c1)OCCCO2)C(=O)N1CCN([C@@H]2CCS(=O)(=O)C2)CC1. The van der Waals surface area contributed by atoms with Crippen LogP contribution < -0.4 is 14.2 Å². The highest BCUT2D eigenvalue weighted by molar-refractivity contribution is 7.91. The second-order valence-electron chi connectivity index (χ2n) is 8.42. The number of rotatable bonds is 5. The second-order valence-corrected chi connectivity index (χ2v) is 12.4. The van der Waals surface area contributed by atoms with Crippen LogP contribution >= 0.6 is 0 Å². The molecule has 1 aromatic rings. The Morgan fingerprint density at radius 1 is 1.12 bits per heavy atom. The first-order chi connectivity index (χ1) is 15.1. The molecule has 12 heteroatoms. The number of benzene rings is 1. The van der Waals surface area contributed by atoms with E-state index in [1.807, 2.05) is 0 Å². The van der Waals surface area contributed by atoms with E-state index in [-0.39, 0.29) is 28.4 Å². The second kappa shape index (κ2) is 9.16. The maximum absolute atomic E-state index is 12.9. The third-order valence-electron chi connectivity index (χ3n) is 6.08. The molecule has 10 nitrogen and oxygen atoms in total. The van der Waals surface area contributed by atoms with Crippen LogP contribution in [0.3, 0.4) is 0 Å². The van der Waals surface area contributed by atoms with Crippen molar-refractivity contribution in [1.82, 2.24) is 14.5 Å². The van der Waals surface area contributed by atoms with Gasteiger partial charge >= 0.3 is 0 Å². The van der Waals surface area contributed by atoms with E-state index in [4.69, 9.17) is 9.47 Å². The van der Waals surface area contributed by atoms with Gasteiger partial charge in [0, 0.05) is 44.7 Å². The zero-order chi connectivity index (χ0) is 22.9. The highest BCUT2D eigenvalue weighted by atomic mass is 32.2. The Morgan fingerprint density at radius 3 is 2.47 bits per heavy atom. The van der Waals surface area contributed by atoms with Gasteiger partial charge in [-0.2, -0.15) is 4.72 Å². The smallest absolute Gasteiger partial charge is 0.241 e. The summed E-state index contributed by atoms with van der Waals surface area (Å²) in [6, 6.07) is 3.47. The van der Waals surface area contributed by atoms with E-state index in [0.29, 0.717) is 63.7 Å². The number of amides is 1. The third-order valence-corrected chi connectivity index (χ3v) is 9.37. The Balaban J connectivity index is 1.35. The topological polar surface area (TPSA) is 122 Å². The number of carbonyl (C=O) groups is 1. The molecule has 1 N–H and O–H groups in total. The van der Waals surface area contributed by atoms with Gasteiger partial charge in [0.05, 0.1) is 35.7 Å². The molecule has 3 heterocycles. The average molecular weight is 488 g/mol. The molecule has 0 aliphatic carbocycles. The van der Waals surface area contributed by atoms with Gasteiger partial charge in [0.2, 0.25) is 15.9 Å². The molecule has 4 rings (SSSR count). The fourth-order valence-corrected chi connectivity index (χ4v) is 7.28. The maximum atomic E-state index is 12.9. The number of piperazine rings is 1. The first-order valence-corrected chi connectivity index (χ1v) is 14.1. The molecule has 0 spiro atoms. The van der Waals surface area contributed by atoms with Crippen LogP contribution in [0.2, 0.25) is 0 Å². The first kappa shape index (κ1) is 23.3. The minimum absolute atomic E-state index is 0.00702. The van der Waals surface area contributed by atoms with Crippen molar-refractivity contribution in [3.05, 3.63) is 18.2 Å². The minimum Gasteiger partial charge on any atom is -0.490 e. The van der Waals surface area contributed by atoms with Gasteiger partial charge in [-0.3, -0.25) is 9.69 Å². The van der Waals surface area contributed by atoms with Crippen LogP contribution in [0.1, 0.15) is 19.8 Å². The van der Waals surface area contributed by atoms with Crippen molar-refractivity contribution in [3.63, 3.8) is 0 Å². The molecule has 0 unspecified atom stereocenters. The number of carbonyl (C=O) groups excluding carboxylic acids is 1. The van der Waals surface area contributed by atoms with Crippen molar-refractivity contribution in [2.75, 3.05) is 50.9 Å². The Hall–Kier alpha value is -1.89. The summed E-state index contributed by atoms with van der Waals surface area (Å²) in [5, 5.41) is 0. The van der Waals surface area contributed by atoms with E-state index < -0.39 is 25.9 Å². The lowest BCUT2D eigenvalue weighted by Gasteiger charge is -2.38. The van der Waals surface area contributed by atoms with Gasteiger partial charge in [-0.25, -0.2) is 16.8 Å². The van der Waals surface area contributed by atoms with Crippen LogP contribution in [0.25, 0.3) is 0 Å². The molecule has 0 saturated carbocycles. The fourth-order valence-electron chi connectivity index (χ4n) is 4.31. The van der Waals surface area contributed by atoms with Crippen molar-refractivity contribution in [3.8, 4) is 11.5 Å². The zero-order valence-electron chi connectivity index (χ0n) is 18.0. The van der Waals surface area contributed by atoms with Gasteiger partial charge in [0.25, 0.3) is 0 Å². The van der Waals surface area contributed by atoms with Crippen molar-refractivity contribution in [2.24, 2.45) is 0 Å². The normalized spacial score (nSPS) is 24.7. The molecule has 3 aliphatic rings. The van der Waals surface area contributed by atoms with Crippen LogP contribution in [0, 0.1) is 0 Å². The summed E-state index contributed by atoms with van der Waals surface area (Å²) in [6.07, 6.45) is 1.34. The Morgan fingerprint density at radius 2 is 1.81 bits per heavy atom. The number of hydrogen-bond donors (Lipinski definition) is 1. The Kier molecular flexibility index (Phi) is 6.66. The van der Waals surface area contributed by atoms with Gasteiger partial charge in [-0.05, 0) is 25.5 Å². The van der Waals surface area contributed by atoms with E-state index in [0.717, 1.165) is 0 Å².